The predicted molar refractivity (Wildman–Crippen MR) is 69.9 cm³/mol. The molecule has 0 radical (unpaired) electrons. The van der Waals surface area contributed by atoms with Gasteiger partial charge in [-0.05, 0) is 49.3 Å². The van der Waals surface area contributed by atoms with Gasteiger partial charge >= 0.3 is 0 Å². The molecule has 1 aromatic carbocycles. The molecule has 1 fully saturated rings. The van der Waals surface area contributed by atoms with Crippen LogP contribution in [0.3, 0.4) is 0 Å². The van der Waals surface area contributed by atoms with Crippen molar-refractivity contribution in [2.24, 2.45) is 5.41 Å². The second-order valence-electron chi connectivity index (χ2n) is 5.36. The molecule has 0 atom stereocenters. The van der Waals surface area contributed by atoms with Crippen LogP contribution in [0.5, 0.6) is 0 Å². The molecule has 0 spiro atoms. The Morgan fingerprint density at radius 3 is 2.56 bits per heavy atom. The molecule has 0 heterocycles. The number of aryl methyl sites for hydroxylation is 2. The minimum Gasteiger partial charge on any atom is -0.224 e. The molecule has 4 heteroatoms. The van der Waals surface area contributed by atoms with Gasteiger partial charge in [0.1, 0.15) is 0 Å². The minimum absolute atomic E-state index is 0.109. The summed E-state index contributed by atoms with van der Waals surface area (Å²) in [7, 11) is -3.28. The van der Waals surface area contributed by atoms with E-state index in [0.717, 1.165) is 24.0 Å². The summed E-state index contributed by atoms with van der Waals surface area (Å²) in [4.78, 5) is 0.423. The maximum Gasteiger partial charge on any atom is 0.179 e. The summed E-state index contributed by atoms with van der Waals surface area (Å²) in [5.74, 6) is 0.109. The van der Waals surface area contributed by atoms with E-state index in [1.165, 1.54) is 0 Å². The fourth-order valence-electron chi connectivity index (χ4n) is 2.24. The normalized spacial score (nSPS) is 17.2. The average molecular weight is 263 g/mol. The zero-order valence-corrected chi connectivity index (χ0v) is 11.5. The van der Waals surface area contributed by atoms with Crippen molar-refractivity contribution in [3.8, 4) is 6.07 Å². The van der Waals surface area contributed by atoms with Gasteiger partial charge in [-0.2, -0.15) is 5.26 Å². The molecule has 0 bridgehead atoms. The summed E-state index contributed by atoms with van der Waals surface area (Å²) in [5.41, 5.74) is 1.46. The molecule has 1 saturated carbocycles. The van der Waals surface area contributed by atoms with Crippen LogP contribution in [0, 0.1) is 30.6 Å². The maximum absolute atomic E-state index is 12.4. The van der Waals surface area contributed by atoms with E-state index >= 15 is 0 Å². The van der Waals surface area contributed by atoms with Crippen molar-refractivity contribution >= 4 is 9.84 Å². The van der Waals surface area contributed by atoms with Gasteiger partial charge in [0.15, 0.2) is 9.84 Å². The first kappa shape index (κ1) is 13.1. The molecule has 96 valence electrons. The Morgan fingerprint density at radius 2 is 2.00 bits per heavy atom. The number of sulfone groups is 1. The quantitative estimate of drug-likeness (QED) is 0.839. The number of nitriles is 1. The van der Waals surface area contributed by atoms with Crippen molar-refractivity contribution in [1.82, 2.24) is 0 Å². The van der Waals surface area contributed by atoms with Gasteiger partial charge in [0.2, 0.25) is 0 Å². The van der Waals surface area contributed by atoms with Crippen molar-refractivity contribution in [2.75, 3.05) is 5.75 Å². The predicted octanol–water partition coefficient (Wildman–Crippen LogP) is 2.77. The summed E-state index contributed by atoms with van der Waals surface area (Å²) in [6.07, 6.45) is 2.05. The number of benzene rings is 1. The Morgan fingerprint density at radius 1 is 1.33 bits per heavy atom. The van der Waals surface area contributed by atoms with E-state index in [-0.39, 0.29) is 11.2 Å². The van der Waals surface area contributed by atoms with Crippen LogP contribution in [0.2, 0.25) is 0 Å². The van der Waals surface area contributed by atoms with Crippen LogP contribution >= 0.6 is 0 Å². The standard InChI is InChI=1S/C14H17NO2S/c1-11-3-4-12(2)13(9-11)18(16,17)10-14(5-6-14)7-8-15/h3-4,9H,5-7,10H2,1-2H3. The lowest BCUT2D eigenvalue weighted by Gasteiger charge is -2.13. The van der Waals surface area contributed by atoms with E-state index in [4.69, 9.17) is 5.26 Å². The molecule has 0 amide bonds. The molecule has 0 unspecified atom stereocenters. The molecule has 0 aromatic heterocycles. The molecule has 2 rings (SSSR count). The van der Waals surface area contributed by atoms with Gasteiger partial charge < -0.3 is 0 Å². The van der Waals surface area contributed by atoms with Gasteiger partial charge in [0, 0.05) is 6.42 Å². The summed E-state index contributed by atoms with van der Waals surface area (Å²) in [6, 6.07) is 7.59. The highest BCUT2D eigenvalue weighted by Gasteiger charge is 2.46. The van der Waals surface area contributed by atoms with Crippen LogP contribution in [0.4, 0.5) is 0 Å². The topological polar surface area (TPSA) is 57.9 Å². The summed E-state index contributed by atoms with van der Waals surface area (Å²) < 4.78 is 24.9. The van der Waals surface area contributed by atoms with Crippen LogP contribution in [0.25, 0.3) is 0 Å². The first-order chi connectivity index (χ1) is 8.38. The van der Waals surface area contributed by atoms with E-state index in [1.54, 1.807) is 6.07 Å². The highest BCUT2D eigenvalue weighted by atomic mass is 32.2. The Labute approximate surface area is 108 Å². The van der Waals surface area contributed by atoms with Crippen molar-refractivity contribution in [3.63, 3.8) is 0 Å². The summed E-state index contributed by atoms with van der Waals surface area (Å²) >= 11 is 0. The third-order valence-electron chi connectivity index (χ3n) is 3.59. The molecule has 18 heavy (non-hydrogen) atoms. The van der Waals surface area contributed by atoms with Crippen molar-refractivity contribution < 1.29 is 8.42 Å². The van der Waals surface area contributed by atoms with Crippen molar-refractivity contribution in [2.45, 2.75) is 38.0 Å². The molecule has 1 aliphatic rings. The van der Waals surface area contributed by atoms with Crippen LogP contribution in [-0.4, -0.2) is 14.2 Å². The fourth-order valence-corrected chi connectivity index (χ4v) is 4.52. The average Bonchev–Trinajstić information content (AvgIpc) is 3.01. The maximum atomic E-state index is 12.4. The van der Waals surface area contributed by atoms with Gasteiger partial charge in [-0.15, -0.1) is 0 Å². The van der Waals surface area contributed by atoms with E-state index < -0.39 is 9.84 Å². The van der Waals surface area contributed by atoms with Gasteiger partial charge in [0.25, 0.3) is 0 Å². The lowest BCUT2D eigenvalue weighted by Crippen LogP contribution is -2.18. The van der Waals surface area contributed by atoms with Gasteiger partial charge in [-0.1, -0.05) is 12.1 Å². The Kier molecular flexibility index (Phi) is 3.20. The smallest absolute Gasteiger partial charge is 0.179 e. The SMILES string of the molecule is Cc1ccc(C)c(S(=O)(=O)CC2(CC#N)CC2)c1. The van der Waals surface area contributed by atoms with Crippen LogP contribution < -0.4 is 0 Å². The summed E-state index contributed by atoms with van der Waals surface area (Å²) in [5, 5.41) is 8.76. The number of rotatable bonds is 4. The lowest BCUT2D eigenvalue weighted by atomic mass is 10.1. The zero-order valence-electron chi connectivity index (χ0n) is 10.7. The fraction of sp³-hybridized carbons (Fsp3) is 0.500. The van der Waals surface area contributed by atoms with Crippen LogP contribution in [0.15, 0.2) is 23.1 Å². The molecule has 0 aliphatic heterocycles. The second kappa shape index (κ2) is 4.40. The second-order valence-corrected chi connectivity index (χ2v) is 7.32. The van der Waals surface area contributed by atoms with E-state index in [1.807, 2.05) is 26.0 Å². The number of nitrogens with zero attached hydrogens (tertiary/aromatic N) is 1. The zero-order chi connectivity index (χ0) is 13.4. The Hall–Kier alpha value is -1.34. The third kappa shape index (κ3) is 2.56. The lowest BCUT2D eigenvalue weighted by molar-refractivity contribution is 0.547. The van der Waals surface area contributed by atoms with E-state index in [9.17, 15) is 8.42 Å². The van der Waals surface area contributed by atoms with Gasteiger partial charge in [0.05, 0.1) is 16.7 Å². The molecule has 3 nitrogen and oxygen atoms in total. The number of hydrogen-bond donors (Lipinski definition) is 0. The van der Waals surface area contributed by atoms with Crippen LogP contribution in [0.1, 0.15) is 30.4 Å². The molecular weight excluding hydrogens is 246 g/mol. The largest absolute Gasteiger partial charge is 0.224 e. The van der Waals surface area contributed by atoms with Crippen molar-refractivity contribution in [3.05, 3.63) is 29.3 Å². The van der Waals surface area contributed by atoms with Crippen molar-refractivity contribution in [1.29, 1.82) is 5.26 Å². The molecular formula is C14H17NO2S. The Balaban J connectivity index is 2.32. The first-order valence-corrected chi connectivity index (χ1v) is 7.71. The number of hydrogen-bond acceptors (Lipinski definition) is 3. The highest BCUT2D eigenvalue weighted by Crippen LogP contribution is 2.50. The molecule has 1 aromatic rings. The third-order valence-corrected chi connectivity index (χ3v) is 5.69. The Bertz CT molecular complexity index is 607. The highest BCUT2D eigenvalue weighted by molar-refractivity contribution is 7.91. The van der Waals surface area contributed by atoms with E-state index in [2.05, 4.69) is 6.07 Å². The molecule has 1 aliphatic carbocycles. The van der Waals surface area contributed by atoms with Crippen LogP contribution in [-0.2, 0) is 9.84 Å². The van der Waals surface area contributed by atoms with Gasteiger partial charge in [-0.25, -0.2) is 8.42 Å². The molecule has 0 N–H and O–H groups in total. The molecule has 0 saturated heterocycles. The monoisotopic (exact) mass is 263 g/mol. The van der Waals surface area contributed by atoms with Gasteiger partial charge in [-0.3, -0.25) is 0 Å². The summed E-state index contributed by atoms with van der Waals surface area (Å²) in [6.45, 7) is 3.71. The first-order valence-electron chi connectivity index (χ1n) is 6.06. The minimum atomic E-state index is -3.28. The van der Waals surface area contributed by atoms with E-state index in [0.29, 0.717) is 11.3 Å².